The van der Waals surface area contributed by atoms with Crippen LogP contribution in [0.2, 0.25) is 0 Å². The Morgan fingerprint density at radius 1 is 0.957 bits per heavy atom. The summed E-state index contributed by atoms with van der Waals surface area (Å²) in [5.41, 5.74) is 3.88. The number of aryl methyl sites for hydroxylation is 1. The Bertz CT molecular complexity index is 917. The van der Waals surface area contributed by atoms with Crippen LogP contribution >= 0.6 is 0 Å². The molecule has 0 spiro atoms. The molecule has 0 aliphatic carbocycles. The van der Waals surface area contributed by atoms with Crippen molar-refractivity contribution >= 4 is 0 Å². The van der Waals surface area contributed by atoms with Gasteiger partial charge in [-0.3, -0.25) is 4.79 Å². The van der Waals surface area contributed by atoms with Crippen molar-refractivity contribution in [3.8, 4) is 17.3 Å². The predicted octanol–water partition coefficient (Wildman–Crippen LogP) is 3.74. The highest BCUT2D eigenvalue weighted by Crippen LogP contribution is 2.20. The summed E-state index contributed by atoms with van der Waals surface area (Å²) in [6.07, 6.45) is 0. The first-order valence-corrected chi connectivity index (χ1v) is 7.44. The van der Waals surface area contributed by atoms with Gasteiger partial charge in [-0.25, -0.2) is 0 Å². The maximum absolute atomic E-state index is 12.6. The minimum absolute atomic E-state index is 0.164. The van der Waals surface area contributed by atoms with Gasteiger partial charge in [0.15, 0.2) is 0 Å². The lowest BCUT2D eigenvalue weighted by Gasteiger charge is -2.14. The lowest BCUT2D eigenvalue weighted by Crippen LogP contribution is -2.24. The van der Waals surface area contributed by atoms with E-state index in [1.165, 1.54) is 5.56 Å². The molecule has 0 saturated carbocycles. The maximum Gasteiger partial charge on any atom is 0.269 e. The van der Waals surface area contributed by atoms with Gasteiger partial charge < -0.3 is 4.57 Å². The normalized spacial score (nSPS) is 10.3. The number of rotatable bonds is 3. The van der Waals surface area contributed by atoms with E-state index in [0.29, 0.717) is 6.54 Å². The van der Waals surface area contributed by atoms with Crippen LogP contribution in [0.15, 0.2) is 71.5 Å². The Kier molecular flexibility index (Phi) is 4.07. The van der Waals surface area contributed by atoms with Crippen LogP contribution in [0.1, 0.15) is 16.7 Å². The number of pyridine rings is 1. The van der Waals surface area contributed by atoms with Gasteiger partial charge in [0, 0.05) is 0 Å². The average molecular weight is 300 g/mol. The van der Waals surface area contributed by atoms with Gasteiger partial charge in [0.05, 0.1) is 12.2 Å². The van der Waals surface area contributed by atoms with Crippen molar-refractivity contribution in [2.45, 2.75) is 13.5 Å². The predicted molar refractivity (Wildman–Crippen MR) is 91.1 cm³/mol. The molecule has 1 heterocycles. The van der Waals surface area contributed by atoms with Gasteiger partial charge in [-0.05, 0) is 30.2 Å². The van der Waals surface area contributed by atoms with Crippen molar-refractivity contribution in [3.63, 3.8) is 0 Å². The SMILES string of the molecule is Cc1ccc(-c2ccc(C#N)c(=O)n2Cc2ccccc2)cc1. The summed E-state index contributed by atoms with van der Waals surface area (Å²) in [6, 6.07) is 23.2. The molecule has 3 aromatic rings. The zero-order chi connectivity index (χ0) is 16.2. The summed E-state index contributed by atoms with van der Waals surface area (Å²) in [5, 5.41) is 9.14. The van der Waals surface area contributed by atoms with Gasteiger partial charge >= 0.3 is 0 Å². The minimum Gasteiger partial charge on any atom is -0.303 e. The lowest BCUT2D eigenvalue weighted by molar-refractivity contribution is 0.765. The Morgan fingerprint density at radius 3 is 2.30 bits per heavy atom. The standard InChI is InChI=1S/C20H16N2O/c1-15-7-9-17(10-8-15)19-12-11-18(13-21)20(23)22(19)14-16-5-3-2-4-6-16/h2-12H,14H2,1H3. The highest BCUT2D eigenvalue weighted by Gasteiger charge is 2.11. The molecule has 0 atom stereocenters. The molecule has 0 unspecified atom stereocenters. The first kappa shape index (κ1) is 14.8. The van der Waals surface area contributed by atoms with E-state index in [0.717, 1.165) is 16.8 Å². The number of nitrogens with zero attached hydrogens (tertiary/aromatic N) is 2. The number of hydrogen-bond acceptors (Lipinski definition) is 2. The molecule has 3 nitrogen and oxygen atoms in total. The monoisotopic (exact) mass is 300 g/mol. The number of aromatic nitrogens is 1. The fourth-order valence-corrected chi connectivity index (χ4v) is 2.56. The Hall–Kier alpha value is -3.12. The van der Waals surface area contributed by atoms with E-state index in [1.807, 2.05) is 73.7 Å². The fraction of sp³-hybridized carbons (Fsp3) is 0.100. The first-order valence-electron chi connectivity index (χ1n) is 7.44. The summed E-state index contributed by atoms with van der Waals surface area (Å²) in [6.45, 7) is 2.47. The summed E-state index contributed by atoms with van der Waals surface area (Å²) in [4.78, 5) is 12.6. The van der Waals surface area contributed by atoms with E-state index in [-0.39, 0.29) is 11.1 Å². The molecule has 0 fully saturated rings. The largest absolute Gasteiger partial charge is 0.303 e. The number of nitriles is 1. The Labute approximate surface area is 135 Å². The molecule has 112 valence electrons. The molecule has 0 amide bonds. The first-order chi connectivity index (χ1) is 11.2. The molecular weight excluding hydrogens is 284 g/mol. The van der Waals surface area contributed by atoms with Crippen molar-refractivity contribution in [2.24, 2.45) is 0 Å². The Morgan fingerprint density at radius 2 is 1.65 bits per heavy atom. The molecule has 0 saturated heterocycles. The van der Waals surface area contributed by atoms with Gasteiger partial charge in [-0.2, -0.15) is 5.26 Å². The molecule has 23 heavy (non-hydrogen) atoms. The summed E-state index contributed by atoms with van der Waals surface area (Å²) < 4.78 is 1.67. The quantitative estimate of drug-likeness (QED) is 0.739. The molecule has 3 rings (SSSR count). The molecular formula is C20H16N2O. The third kappa shape index (κ3) is 3.07. The second-order valence-corrected chi connectivity index (χ2v) is 5.49. The van der Waals surface area contributed by atoms with Crippen molar-refractivity contribution < 1.29 is 0 Å². The topological polar surface area (TPSA) is 45.8 Å². The highest BCUT2D eigenvalue weighted by molar-refractivity contribution is 5.61. The van der Waals surface area contributed by atoms with Crippen LogP contribution in [0.4, 0.5) is 0 Å². The van der Waals surface area contributed by atoms with E-state index in [2.05, 4.69) is 0 Å². The third-order valence-electron chi connectivity index (χ3n) is 3.83. The Balaban J connectivity index is 2.16. The third-order valence-corrected chi connectivity index (χ3v) is 3.83. The maximum atomic E-state index is 12.6. The number of hydrogen-bond donors (Lipinski definition) is 0. The van der Waals surface area contributed by atoms with Gasteiger partial charge in [-0.15, -0.1) is 0 Å². The minimum atomic E-state index is -0.255. The number of benzene rings is 2. The molecule has 0 N–H and O–H groups in total. The molecule has 1 aromatic heterocycles. The summed E-state index contributed by atoms with van der Waals surface area (Å²) in [5.74, 6) is 0. The molecule has 2 aromatic carbocycles. The molecule has 0 bridgehead atoms. The summed E-state index contributed by atoms with van der Waals surface area (Å²) >= 11 is 0. The van der Waals surface area contributed by atoms with Gasteiger partial charge in [0.25, 0.3) is 5.56 Å². The summed E-state index contributed by atoms with van der Waals surface area (Å²) in [7, 11) is 0. The zero-order valence-electron chi connectivity index (χ0n) is 12.9. The van der Waals surface area contributed by atoms with Crippen LogP contribution in [-0.4, -0.2) is 4.57 Å². The van der Waals surface area contributed by atoms with Crippen molar-refractivity contribution in [2.75, 3.05) is 0 Å². The van der Waals surface area contributed by atoms with Crippen LogP contribution in [-0.2, 0) is 6.54 Å². The smallest absolute Gasteiger partial charge is 0.269 e. The second-order valence-electron chi connectivity index (χ2n) is 5.49. The zero-order valence-corrected chi connectivity index (χ0v) is 12.9. The van der Waals surface area contributed by atoms with E-state index < -0.39 is 0 Å². The van der Waals surface area contributed by atoms with E-state index in [4.69, 9.17) is 5.26 Å². The van der Waals surface area contributed by atoms with E-state index >= 15 is 0 Å². The molecule has 0 aliphatic heterocycles. The fourth-order valence-electron chi connectivity index (χ4n) is 2.56. The van der Waals surface area contributed by atoms with Crippen molar-refractivity contribution in [3.05, 3.63) is 93.8 Å². The van der Waals surface area contributed by atoms with Crippen LogP contribution in [0.25, 0.3) is 11.3 Å². The van der Waals surface area contributed by atoms with Gasteiger partial charge in [0.2, 0.25) is 0 Å². The van der Waals surface area contributed by atoms with Crippen molar-refractivity contribution in [1.29, 1.82) is 5.26 Å². The van der Waals surface area contributed by atoms with Gasteiger partial charge in [-0.1, -0.05) is 60.2 Å². The average Bonchev–Trinajstić information content (AvgIpc) is 2.58. The molecule has 3 heteroatoms. The van der Waals surface area contributed by atoms with E-state index in [9.17, 15) is 4.79 Å². The van der Waals surface area contributed by atoms with Crippen LogP contribution in [0, 0.1) is 18.3 Å². The van der Waals surface area contributed by atoms with Crippen LogP contribution in [0.3, 0.4) is 0 Å². The molecule has 0 radical (unpaired) electrons. The lowest BCUT2D eigenvalue weighted by atomic mass is 10.1. The van der Waals surface area contributed by atoms with Crippen LogP contribution < -0.4 is 5.56 Å². The second kappa shape index (κ2) is 6.33. The van der Waals surface area contributed by atoms with Gasteiger partial charge in [0.1, 0.15) is 11.6 Å². The molecule has 0 aliphatic rings. The van der Waals surface area contributed by atoms with E-state index in [1.54, 1.807) is 10.6 Å². The highest BCUT2D eigenvalue weighted by atomic mass is 16.1. The van der Waals surface area contributed by atoms with Crippen LogP contribution in [0.5, 0.6) is 0 Å². The van der Waals surface area contributed by atoms with Crippen molar-refractivity contribution in [1.82, 2.24) is 4.57 Å².